The van der Waals surface area contributed by atoms with E-state index in [1.807, 2.05) is 0 Å². The number of carbonyl (C=O) groups is 1. The molecule has 1 atom stereocenters. The molecule has 0 saturated carbocycles. The van der Waals surface area contributed by atoms with Crippen molar-refractivity contribution < 1.29 is 19.0 Å². The summed E-state index contributed by atoms with van der Waals surface area (Å²) in [6.45, 7) is 0.270. The molecule has 0 radical (unpaired) electrons. The van der Waals surface area contributed by atoms with Crippen LogP contribution in [0.3, 0.4) is 0 Å². The average Bonchev–Trinajstić information content (AvgIpc) is 2.22. The van der Waals surface area contributed by atoms with Crippen molar-refractivity contribution in [2.45, 2.75) is 12.5 Å². The van der Waals surface area contributed by atoms with Crippen LogP contribution < -0.4 is 5.32 Å². The van der Waals surface area contributed by atoms with E-state index in [-0.39, 0.29) is 25.1 Å². The van der Waals surface area contributed by atoms with Gasteiger partial charge in [-0.2, -0.15) is 0 Å². The molecule has 1 aliphatic rings. The summed E-state index contributed by atoms with van der Waals surface area (Å²) in [5.41, 5.74) is 0.381. The molecule has 1 aromatic carbocycles. The Bertz CT molecular complexity index is 400. The van der Waals surface area contributed by atoms with E-state index in [2.05, 4.69) is 10.1 Å². The molecule has 1 saturated heterocycles. The second-order valence-corrected chi connectivity index (χ2v) is 3.30. The van der Waals surface area contributed by atoms with Gasteiger partial charge in [-0.15, -0.1) is 12.4 Å². The van der Waals surface area contributed by atoms with Crippen molar-refractivity contribution in [3.8, 4) is 5.75 Å². The highest BCUT2D eigenvalue weighted by molar-refractivity contribution is 5.85. The van der Waals surface area contributed by atoms with Crippen LogP contribution in [0.15, 0.2) is 18.2 Å². The molecule has 0 spiro atoms. The van der Waals surface area contributed by atoms with Gasteiger partial charge in [-0.05, 0) is 6.07 Å². The van der Waals surface area contributed by atoms with E-state index in [1.54, 1.807) is 6.07 Å². The Morgan fingerprint density at radius 1 is 1.50 bits per heavy atom. The summed E-state index contributed by atoms with van der Waals surface area (Å²) in [5, 5.41) is 12.0. The zero-order chi connectivity index (χ0) is 10.8. The minimum atomic E-state index is -0.687. The SMILES string of the molecule is Cl.O=C1N[C@@H](c2cccc(F)c2O)CCO1. The summed E-state index contributed by atoms with van der Waals surface area (Å²) < 4.78 is 17.7. The molecule has 1 aliphatic heterocycles. The molecule has 0 unspecified atom stereocenters. The highest BCUT2D eigenvalue weighted by Crippen LogP contribution is 2.29. The van der Waals surface area contributed by atoms with Crippen LogP contribution >= 0.6 is 12.4 Å². The van der Waals surface area contributed by atoms with Crippen molar-refractivity contribution in [3.05, 3.63) is 29.6 Å². The fourth-order valence-corrected chi connectivity index (χ4v) is 1.57. The molecule has 0 aromatic heterocycles. The van der Waals surface area contributed by atoms with Crippen molar-refractivity contribution in [2.24, 2.45) is 0 Å². The second kappa shape index (κ2) is 5.03. The number of aromatic hydroxyl groups is 1. The van der Waals surface area contributed by atoms with Crippen LogP contribution in [0.5, 0.6) is 5.75 Å². The number of alkyl carbamates (subject to hydrolysis) is 1. The van der Waals surface area contributed by atoms with Gasteiger partial charge in [0.25, 0.3) is 0 Å². The van der Waals surface area contributed by atoms with Crippen molar-refractivity contribution in [1.29, 1.82) is 0 Å². The summed E-state index contributed by atoms with van der Waals surface area (Å²) in [5.74, 6) is -1.10. The highest BCUT2D eigenvalue weighted by atomic mass is 35.5. The smallest absolute Gasteiger partial charge is 0.407 e. The normalized spacial score (nSPS) is 19.3. The quantitative estimate of drug-likeness (QED) is 0.799. The predicted molar refractivity (Wildman–Crippen MR) is 57.2 cm³/mol. The maximum atomic E-state index is 13.0. The molecule has 88 valence electrons. The van der Waals surface area contributed by atoms with Gasteiger partial charge in [0.05, 0.1) is 12.6 Å². The number of nitrogens with one attached hydrogen (secondary N) is 1. The molecule has 1 aromatic rings. The molecule has 0 bridgehead atoms. The van der Waals surface area contributed by atoms with E-state index < -0.39 is 17.7 Å². The van der Waals surface area contributed by atoms with Gasteiger partial charge in [0, 0.05) is 12.0 Å². The number of hydrogen-bond acceptors (Lipinski definition) is 3. The Labute approximate surface area is 97.8 Å². The third-order valence-corrected chi connectivity index (χ3v) is 2.33. The Morgan fingerprint density at radius 2 is 2.25 bits per heavy atom. The Morgan fingerprint density at radius 3 is 2.94 bits per heavy atom. The average molecular weight is 248 g/mol. The van der Waals surface area contributed by atoms with E-state index in [1.165, 1.54) is 12.1 Å². The number of rotatable bonds is 1. The monoisotopic (exact) mass is 247 g/mol. The van der Waals surface area contributed by atoms with Gasteiger partial charge in [0.15, 0.2) is 11.6 Å². The number of halogens is 2. The van der Waals surface area contributed by atoms with E-state index >= 15 is 0 Å². The Balaban J connectivity index is 0.00000128. The van der Waals surface area contributed by atoms with Crippen LogP contribution in [-0.4, -0.2) is 17.8 Å². The summed E-state index contributed by atoms with van der Waals surface area (Å²) in [4.78, 5) is 10.9. The van der Waals surface area contributed by atoms with Crippen molar-refractivity contribution in [1.82, 2.24) is 5.32 Å². The van der Waals surface area contributed by atoms with Gasteiger partial charge in [-0.1, -0.05) is 12.1 Å². The number of para-hydroxylation sites is 1. The minimum Gasteiger partial charge on any atom is -0.505 e. The van der Waals surface area contributed by atoms with Gasteiger partial charge >= 0.3 is 6.09 Å². The number of phenols is 1. The second-order valence-electron chi connectivity index (χ2n) is 3.30. The summed E-state index contributed by atoms with van der Waals surface area (Å²) in [7, 11) is 0. The van der Waals surface area contributed by atoms with Gasteiger partial charge in [-0.25, -0.2) is 9.18 Å². The standard InChI is InChI=1S/C10H10FNO3.ClH/c11-7-3-1-2-6(9(7)13)8-4-5-15-10(14)12-8;/h1-3,8,13H,4-5H2,(H,12,14);1H/t8-;/m1./s1. The lowest BCUT2D eigenvalue weighted by molar-refractivity contribution is 0.115. The van der Waals surface area contributed by atoms with Gasteiger partial charge < -0.3 is 15.2 Å². The number of hydrogen-bond donors (Lipinski definition) is 2. The van der Waals surface area contributed by atoms with Crippen molar-refractivity contribution >= 4 is 18.5 Å². The van der Waals surface area contributed by atoms with Gasteiger partial charge in [-0.3, -0.25) is 0 Å². The third-order valence-electron chi connectivity index (χ3n) is 2.33. The van der Waals surface area contributed by atoms with E-state index in [4.69, 9.17) is 0 Å². The molecule has 4 nitrogen and oxygen atoms in total. The van der Waals surface area contributed by atoms with E-state index in [9.17, 15) is 14.3 Å². The number of ether oxygens (including phenoxy) is 1. The van der Waals surface area contributed by atoms with Gasteiger partial charge in [0.2, 0.25) is 0 Å². The topological polar surface area (TPSA) is 58.6 Å². The van der Waals surface area contributed by atoms with Crippen molar-refractivity contribution in [2.75, 3.05) is 6.61 Å². The zero-order valence-electron chi connectivity index (χ0n) is 8.27. The summed E-state index contributed by atoms with van der Waals surface area (Å²) in [6.07, 6.45) is -0.0298. The number of cyclic esters (lactones) is 1. The molecule has 6 heteroatoms. The molecule has 1 amide bonds. The van der Waals surface area contributed by atoms with Gasteiger partial charge in [0.1, 0.15) is 0 Å². The molecule has 0 aliphatic carbocycles. The maximum absolute atomic E-state index is 13.0. The lowest BCUT2D eigenvalue weighted by Gasteiger charge is -2.24. The molecule has 2 rings (SSSR count). The molecule has 1 heterocycles. The van der Waals surface area contributed by atoms with Crippen LogP contribution in [0.2, 0.25) is 0 Å². The highest BCUT2D eigenvalue weighted by Gasteiger charge is 2.24. The number of benzene rings is 1. The molecule has 1 fully saturated rings. The predicted octanol–water partition coefficient (Wildman–Crippen LogP) is 2.12. The first kappa shape index (κ1) is 12.6. The number of phenolic OH excluding ortho intramolecular Hbond substituents is 1. The van der Waals surface area contributed by atoms with Crippen LogP contribution in [0.4, 0.5) is 9.18 Å². The number of carbonyl (C=O) groups excluding carboxylic acids is 1. The first-order chi connectivity index (χ1) is 7.18. The van der Waals surface area contributed by atoms with Crippen LogP contribution in [0.25, 0.3) is 0 Å². The largest absolute Gasteiger partial charge is 0.505 e. The van der Waals surface area contributed by atoms with E-state index in [0.29, 0.717) is 12.0 Å². The fraction of sp³-hybridized carbons (Fsp3) is 0.300. The molecular weight excluding hydrogens is 237 g/mol. The lowest BCUT2D eigenvalue weighted by Crippen LogP contribution is -2.35. The first-order valence-electron chi connectivity index (χ1n) is 4.59. The van der Waals surface area contributed by atoms with Crippen LogP contribution in [0, 0.1) is 5.82 Å². The zero-order valence-corrected chi connectivity index (χ0v) is 9.09. The van der Waals surface area contributed by atoms with Crippen molar-refractivity contribution in [3.63, 3.8) is 0 Å². The molecule has 16 heavy (non-hydrogen) atoms. The van der Waals surface area contributed by atoms with Crippen LogP contribution in [0.1, 0.15) is 18.0 Å². The molecule has 2 N–H and O–H groups in total. The summed E-state index contributed by atoms with van der Waals surface area (Å²) in [6, 6.07) is 3.85. The fourth-order valence-electron chi connectivity index (χ4n) is 1.57. The minimum absolute atomic E-state index is 0. The summed E-state index contributed by atoms with van der Waals surface area (Å²) >= 11 is 0. The Hall–Kier alpha value is -1.49. The lowest BCUT2D eigenvalue weighted by atomic mass is 10.0. The Kier molecular flexibility index (Phi) is 3.95. The van der Waals surface area contributed by atoms with E-state index in [0.717, 1.165) is 0 Å². The molecular formula is C10H11ClFNO3. The maximum Gasteiger partial charge on any atom is 0.407 e. The first-order valence-corrected chi connectivity index (χ1v) is 4.59. The number of amides is 1. The third kappa shape index (κ3) is 2.36. The van der Waals surface area contributed by atoms with Crippen LogP contribution in [-0.2, 0) is 4.74 Å².